The maximum Gasteiger partial charge on any atom is 0.220 e. The number of ether oxygens (including phenoxy) is 2. The first kappa shape index (κ1) is 75.9. The second-order valence-electron chi connectivity index (χ2n) is 22.9. The molecule has 0 aromatic rings. The van der Waals surface area contributed by atoms with Gasteiger partial charge in [0.05, 0.1) is 25.4 Å². The fourth-order valence-corrected chi connectivity index (χ4v) is 10.2. The predicted octanol–water partition coefficient (Wildman–Crippen LogP) is 18.1. The van der Waals surface area contributed by atoms with Crippen LogP contribution >= 0.6 is 0 Å². The molecule has 0 spiro atoms. The molecule has 7 unspecified atom stereocenters. The van der Waals surface area contributed by atoms with Crippen LogP contribution in [0.25, 0.3) is 0 Å². The van der Waals surface area contributed by atoms with Crippen LogP contribution in [0.3, 0.4) is 0 Å². The van der Waals surface area contributed by atoms with Crippen molar-refractivity contribution in [3.8, 4) is 0 Å². The van der Waals surface area contributed by atoms with Crippen molar-refractivity contribution >= 4 is 5.91 Å². The van der Waals surface area contributed by atoms with E-state index in [1.54, 1.807) is 0 Å². The molecule has 466 valence electrons. The van der Waals surface area contributed by atoms with E-state index >= 15 is 0 Å². The van der Waals surface area contributed by atoms with Crippen molar-refractivity contribution < 1.29 is 39.8 Å². The second kappa shape index (κ2) is 60.0. The van der Waals surface area contributed by atoms with Gasteiger partial charge >= 0.3 is 0 Å². The molecule has 1 amide bonds. The largest absolute Gasteiger partial charge is 0.394 e. The standard InChI is InChI=1S/C72H125NO8/c1-3-5-7-9-11-13-15-17-19-21-23-25-27-29-31-32-33-34-36-38-40-42-44-46-48-50-52-54-56-58-60-62-68(76)73-65(64-80-72-71(79)70(78)69(77)67(63-74)81-72)66(75)61-59-57-55-53-51-49-47-45-43-41-39-37-35-30-28-26-24-22-20-18-16-14-12-10-8-6-4-2/h5,7,11,13,17,19,23,25,29,31,33-34,38,40,44,46,50,52,65-67,69-72,74-75,77-79H,3-4,6,8-10,12,14-16,18,20-22,24,26-28,30,32,35-37,39,41-43,45,47-49,51,53-64H2,1-2H3,(H,73,76)/b7-5-,13-11-,19-17-,25-23-,31-29-,34-33-,40-38-,46-44-,52-50-. The first-order valence-corrected chi connectivity index (χ1v) is 33.6. The van der Waals surface area contributed by atoms with Gasteiger partial charge in [-0.3, -0.25) is 4.79 Å². The summed E-state index contributed by atoms with van der Waals surface area (Å²) in [5.74, 6) is -0.177. The summed E-state index contributed by atoms with van der Waals surface area (Å²) >= 11 is 0. The molecule has 1 aliphatic heterocycles. The highest BCUT2D eigenvalue weighted by Crippen LogP contribution is 2.23. The third-order valence-electron chi connectivity index (χ3n) is 15.4. The van der Waals surface area contributed by atoms with Crippen LogP contribution in [-0.4, -0.2) is 87.5 Å². The van der Waals surface area contributed by atoms with Gasteiger partial charge in [-0.15, -0.1) is 0 Å². The average Bonchev–Trinajstić information content (AvgIpc) is 3.47. The third kappa shape index (κ3) is 48.9. The summed E-state index contributed by atoms with van der Waals surface area (Å²) in [6, 6.07) is -0.747. The number of nitrogens with one attached hydrogen (secondary N) is 1. The van der Waals surface area contributed by atoms with Crippen molar-refractivity contribution in [1.82, 2.24) is 5.32 Å². The van der Waals surface area contributed by atoms with Gasteiger partial charge in [-0.25, -0.2) is 0 Å². The van der Waals surface area contributed by atoms with Crippen LogP contribution in [0, 0.1) is 0 Å². The molecular formula is C72H125NO8. The van der Waals surface area contributed by atoms with Gasteiger partial charge in [0.2, 0.25) is 5.91 Å². The van der Waals surface area contributed by atoms with Crippen LogP contribution in [-0.2, 0) is 14.3 Å². The number of amides is 1. The van der Waals surface area contributed by atoms with Gasteiger partial charge in [-0.2, -0.15) is 0 Å². The number of hydrogen-bond donors (Lipinski definition) is 6. The zero-order chi connectivity index (χ0) is 58.6. The fourth-order valence-electron chi connectivity index (χ4n) is 10.2. The van der Waals surface area contributed by atoms with Crippen LogP contribution in [0.2, 0.25) is 0 Å². The summed E-state index contributed by atoms with van der Waals surface area (Å²) in [4.78, 5) is 13.1. The van der Waals surface area contributed by atoms with E-state index in [2.05, 4.69) is 129 Å². The predicted molar refractivity (Wildman–Crippen MR) is 345 cm³/mol. The number of unbranched alkanes of at least 4 members (excludes halogenated alkanes) is 29. The molecule has 1 saturated heterocycles. The smallest absolute Gasteiger partial charge is 0.220 e. The lowest BCUT2D eigenvalue weighted by atomic mass is 9.99. The summed E-state index contributed by atoms with van der Waals surface area (Å²) in [6.45, 7) is 3.73. The molecule has 0 radical (unpaired) electrons. The summed E-state index contributed by atoms with van der Waals surface area (Å²) in [5, 5.41) is 54.9. The molecule has 1 fully saturated rings. The van der Waals surface area contributed by atoms with Crippen LogP contribution in [0.4, 0.5) is 0 Å². The van der Waals surface area contributed by atoms with Crippen LogP contribution in [0.1, 0.15) is 284 Å². The SMILES string of the molecule is CC/C=C\C/C=C\C/C=C\C/C=C\C/C=C\C/C=C\C/C=C\C/C=C\C/C=C\CCCCCC(=O)NC(COC1OC(CO)C(O)C(O)C1O)C(O)CCCCCCCCCCCCCCCCCCCCCCCCCCCCC. The number of aliphatic hydroxyl groups is 5. The first-order chi connectivity index (χ1) is 39.8. The molecule has 0 saturated carbocycles. The molecule has 7 atom stereocenters. The lowest BCUT2D eigenvalue weighted by molar-refractivity contribution is -0.302. The molecule has 81 heavy (non-hydrogen) atoms. The molecule has 9 heteroatoms. The lowest BCUT2D eigenvalue weighted by Gasteiger charge is -2.40. The van der Waals surface area contributed by atoms with E-state index in [0.29, 0.717) is 12.8 Å². The highest BCUT2D eigenvalue weighted by molar-refractivity contribution is 5.76. The van der Waals surface area contributed by atoms with E-state index in [4.69, 9.17) is 9.47 Å². The summed E-state index contributed by atoms with van der Waals surface area (Å²) in [5.41, 5.74) is 0. The summed E-state index contributed by atoms with van der Waals surface area (Å²) in [7, 11) is 0. The van der Waals surface area contributed by atoms with Gasteiger partial charge in [-0.1, -0.05) is 303 Å². The van der Waals surface area contributed by atoms with E-state index in [1.165, 1.54) is 154 Å². The second-order valence-corrected chi connectivity index (χ2v) is 22.9. The monoisotopic (exact) mass is 1130 g/mol. The number of aliphatic hydroxyl groups excluding tert-OH is 5. The molecule has 0 aromatic carbocycles. The Balaban J connectivity index is 2.20. The maximum absolute atomic E-state index is 13.1. The molecule has 0 aromatic heterocycles. The maximum atomic E-state index is 13.1. The van der Waals surface area contributed by atoms with E-state index in [9.17, 15) is 30.3 Å². The Labute approximate surface area is 497 Å². The topological polar surface area (TPSA) is 149 Å². The molecule has 1 heterocycles. The van der Waals surface area contributed by atoms with Crippen molar-refractivity contribution in [2.45, 2.75) is 326 Å². The minimum absolute atomic E-state index is 0.158. The minimum Gasteiger partial charge on any atom is -0.394 e. The van der Waals surface area contributed by atoms with E-state index in [1.807, 2.05) is 0 Å². The Hall–Kier alpha value is -3.15. The summed E-state index contributed by atoms with van der Waals surface area (Å²) in [6.07, 6.45) is 81.4. The fraction of sp³-hybridized carbons (Fsp3) is 0.736. The van der Waals surface area contributed by atoms with Crippen LogP contribution < -0.4 is 5.32 Å². The molecule has 1 aliphatic rings. The molecule has 1 rings (SSSR count). The lowest BCUT2D eigenvalue weighted by Crippen LogP contribution is -2.60. The van der Waals surface area contributed by atoms with E-state index in [0.717, 1.165) is 103 Å². The molecule has 9 nitrogen and oxygen atoms in total. The van der Waals surface area contributed by atoms with Crippen molar-refractivity contribution in [3.63, 3.8) is 0 Å². The summed E-state index contributed by atoms with van der Waals surface area (Å²) < 4.78 is 11.3. The van der Waals surface area contributed by atoms with Gasteiger partial charge in [0, 0.05) is 6.42 Å². The quantitative estimate of drug-likeness (QED) is 0.0261. The molecule has 6 N–H and O–H groups in total. The van der Waals surface area contributed by atoms with Crippen molar-refractivity contribution in [1.29, 1.82) is 0 Å². The highest BCUT2D eigenvalue weighted by Gasteiger charge is 2.44. The minimum atomic E-state index is -1.57. The Morgan fingerprint density at radius 1 is 0.432 bits per heavy atom. The zero-order valence-corrected chi connectivity index (χ0v) is 52.0. The van der Waals surface area contributed by atoms with Crippen molar-refractivity contribution in [3.05, 3.63) is 109 Å². The van der Waals surface area contributed by atoms with Gasteiger partial charge in [0.1, 0.15) is 24.4 Å². The van der Waals surface area contributed by atoms with Crippen molar-refractivity contribution in [2.75, 3.05) is 13.2 Å². The van der Waals surface area contributed by atoms with Crippen molar-refractivity contribution in [2.24, 2.45) is 0 Å². The third-order valence-corrected chi connectivity index (χ3v) is 15.4. The number of hydrogen-bond acceptors (Lipinski definition) is 8. The Bertz CT molecular complexity index is 1640. The van der Waals surface area contributed by atoms with Gasteiger partial charge in [0.15, 0.2) is 6.29 Å². The highest BCUT2D eigenvalue weighted by atomic mass is 16.7. The Kier molecular flexibility index (Phi) is 56.2. The van der Waals surface area contributed by atoms with E-state index in [-0.39, 0.29) is 12.5 Å². The Morgan fingerprint density at radius 3 is 1.12 bits per heavy atom. The van der Waals surface area contributed by atoms with Gasteiger partial charge < -0.3 is 40.3 Å². The van der Waals surface area contributed by atoms with Crippen LogP contribution in [0.5, 0.6) is 0 Å². The first-order valence-electron chi connectivity index (χ1n) is 33.6. The molecule has 0 aliphatic carbocycles. The van der Waals surface area contributed by atoms with Gasteiger partial charge in [-0.05, 0) is 83.5 Å². The number of carbonyl (C=O) groups excluding carboxylic acids is 1. The molecule has 0 bridgehead atoms. The Morgan fingerprint density at radius 2 is 0.765 bits per heavy atom. The number of rotatable bonds is 57. The molecular weight excluding hydrogens is 1010 g/mol. The normalized spacial score (nSPS) is 19.1. The van der Waals surface area contributed by atoms with Crippen LogP contribution in [0.15, 0.2) is 109 Å². The number of allylic oxidation sites excluding steroid dienone is 18. The number of carbonyl (C=O) groups is 1. The average molecular weight is 1130 g/mol. The zero-order valence-electron chi connectivity index (χ0n) is 52.0. The van der Waals surface area contributed by atoms with E-state index < -0.39 is 49.5 Å². The van der Waals surface area contributed by atoms with Gasteiger partial charge in [0.25, 0.3) is 0 Å².